The average Bonchev–Trinajstić information content (AvgIpc) is 3.09. The lowest BCUT2D eigenvalue weighted by Crippen LogP contribution is -1.89. The Kier molecular flexibility index (Phi) is 4.08. The molecule has 0 unspecified atom stereocenters. The molecular weight excluding hydrogens is 347 g/mol. The van der Waals surface area contributed by atoms with Crippen molar-refractivity contribution < 1.29 is 14.1 Å². The molecule has 1 heterocycles. The minimum atomic E-state index is -0.457. The number of nitrogens with one attached hydrogen (secondary N) is 1. The van der Waals surface area contributed by atoms with E-state index < -0.39 is 4.92 Å². The highest BCUT2D eigenvalue weighted by Gasteiger charge is 2.19. The monoisotopic (exact) mass is 362 g/mol. The third kappa shape index (κ3) is 2.91. The van der Waals surface area contributed by atoms with Gasteiger partial charge in [-0.25, -0.2) is 4.39 Å². The van der Waals surface area contributed by atoms with Gasteiger partial charge in [0.25, 0.3) is 5.69 Å². The number of halogens is 1. The Hall–Kier alpha value is -3.67. The van der Waals surface area contributed by atoms with E-state index in [-0.39, 0.29) is 11.5 Å². The second-order valence-electron chi connectivity index (χ2n) is 6.07. The van der Waals surface area contributed by atoms with Crippen molar-refractivity contribution >= 4 is 16.6 Å². The van der Waals surface area contributed by atoms with Gasteiger partial charge in [0.2, 0.25) is 0 Å². The van der Waals surface area contributed by atoms with Crippen LogP contribution in [-0.2, 0) is 0 Å². The normalized spacial score (nSPS) is 10.9. The van der Waals surface area contributed by atoms with Gasteiger partial charge in [-0.2, -0.15) is 0 Å². The Balaban J connectivity index is 2.02. The molecule has 0 bridgehead atoms. The van der Waals surface area contributed by atoms with Gasteiger partial charge in [-0.3, -0.25) is 10.1 Å². The fourth-order valence-corrected chi connectivity index (χ4v) is 3.24. The predicted octanol–water partition coefficient (Wildman–Crippen LogP) is 5.56. The van der Waals surface area contributed by atoms with E-state index in [1.807, 2.05) is 24.3 Å². The highest BCUT2D eigenvalue weighted by Crippen LogP contribution is 2.40. The third-order valence-corrected chi connectivity index (χ3v) is 4.50. The van der Waals surface area contributed by atoms with Crippen LogP contribution in [0.3, 0.4) is 0 Å². The molecule has 1 aromatic heterocycles. The fourth-order valence-electron chi connectivity index (χ4n) is 3.24. The molecule has 0 aliphatic carbocycles. The number of nitro groups is 1. The van der Waals surface area contributed by atoms with Crippen LogP contribution in [0.2, 0.25) is 0 Å². The summed E-state index contributed by atoms with van der Waals surface area (Å²) in [6, 6.07) is 18.4. The number of nitrogens with zero attached hydrogens (tertiary/aromatic N) is 1. The van der Waals surface area contributed by atoms with Crippen LogP contribution in [0.5, 0.6) is 5.75 Å². The molecule has 3 aromatic carbocycles. The van der Waals surface area contributed by atoms with Crippen molar-refractivity contribution in [3.63, 3.8) is 0 Å². The van der Waals surface area contributed by atoms with Crippen molar-refractivity contribution in [2.45, 2.75) is 0 Å². The number of nitro benzene ring substituents is 1. The molecule has 27 heavy (non-hydrogen) atoms. The molecule has 0 aliphatic rings. The van der Waals surface area contributed by atoms with Crippen LogP contribution in [0.1, 0.15) is 0 Å². The SMILES string of the molecule is COc1ccc(-c2[nH]c3cccc(F)c3c2-c2cccc([N+](=O)[O-])c2)cc1. The number of hydrogen-bond donors (Lipinski definition) is 1. The minimum absolute atomic E-state index is 0.0427. The van der Waals surface area contributed by atoms with Crippen molar-refractivity contribution in [3.8, 4) is 28.1 Å². The Labute approximate surface area is 154 Å². The first-order valence-corrected chi connectivity index (χ1v) is 8.28. The van der Waals surface area contributed by atoms with Crippen molar-refractivity contribution in [1.82, 2.24) is 4.98 Å². The van der Waals surface area contributed by atoms with E-state index in [0.717, 1.165) is 5.56 Å². The summed E-state index contributed by atoms with van der Waals surface area (Å²) < 4.78 is 19.9. The summed E-state index contributed by atoms with van der Waals surface area (Å²) in [7, 11) is 1.59. The first-order valence-electron chi connectivity index (χ1n) is 8.28. The van der Waals surface area contributed by atoms with Crippen molar-refractivity contribution in [2.24, 2.45) is 0 Å². The second kappa shape index (κ2) is 6.57. The van der Waals surface area contributed by atoms with E-state index in [0.29, 0.717) is 33.5 Å². The number of ether oxygens (including phenoxy) is 1. The van der Waals surface area contributed by atoms with E-state index in [9.17, 15) is 14.5 Å². The second-order valence-corrected chi connectivity index (χ2v) is 6.07. The molecule has 0 aliphatic heterocycles. The molecule has 0 spiro atoms. The third-order valence-electron chi connectivity index (χ3n) is 4.50. The van der Waals surface area contributed by atoms with Crippen LogP contribution in [0.15, 0.2) is 66.7 Å². The molecule has 1 N–H and O–H groups in total. The summed E-state index contributed by atoms with van der Waals surface area (Å²) in [5.41, 5.74) is 3.27. The lowest BCUT2D eigenvalue weighted by Gasteiger charge is -2.07. The lowest BCUT2D eigenvalue weighted by atomic mass is 9.97. The number of methoxy groups -OCH3 is 1. The van der Waals surface area contributed by atoms with Crippen LogP contribution in [0.4, 0.5) is 10.1 Å². The molecule has 0 radical (unpaired) electrons. The van der Waals surface area contributed by atoms with E-state index in [4.69, 9.17) is 4.74 Å². The Morgan fingerprint density at radius 2 is 1.74 bits per heavy atom. The molecule has 0 amide bonds. The Morgan fingerprint density at radius 3 is 2.44 bits per heavy atom. The maximum absolute atomic E-state index is 14.7. The zero-order valence-electron chi connectivity index (χ0n) is 14.4. The summed E-state index contributed by atoms with van der Waals surface area (Å²) in [4.78, 5) is 14.0. The summed E-state index contributed by atoms with van der Waals surface area (Å²) in [6.45, 7) is 0. The quantitative estimate of drug-likeness (QED) is 0.382. The van der Waals surface area contributed by atoms with Crippen LogP contribution in [-0.4, -0.2) is 17.0 Å². The van der Waals surface area contributed by atoms with Crippen LogP contribution >= 0.6 is 0 Å². The van der Waals surface area contributed by atoms with Gasteiger partial charge in [0.15, 0.2) is 0 Å². The van der Waals surface area contributed by atoms with Gasteiger partial charge in [-0.1, -0.05) is 18.2 Å². The first-order chi connectivity index (χ1) is 13.1. The number of fused-ring (bicyclic) bond motifs is 1. The van der Waals surface area contributed by atoms with Gasteiger partial charge in [0, 0.05) is 28.6 Å². The number of non-ortho nitro benzene ring substituents is 1. The van der Waals surface area contributed by atoms with Crippen LogP contribution in [0, 0.1) is 15.9 Å². The van der Waals surface area contributed by atoms with Crippen molar-refractivity contribution in [1.29, 1.82) is 0 Å². The fraction of sp³-hybridized carbons (Fsp3) is 0.0476. The van der Waals surface area contributed by atoms with Crippen molar-refractivity contribution in [3.05, 3.63) is 82.7 Å². The largest absolute Gasteiger partial charge is 0.497 e. The van der Waals surface area contributed by atoms with Crippen molar-refractivity contribution in [2.75, 3.05) is 7.11 Å². The summed E-state index contributed by atoms with van der Waals surface area (Å²) >= 11 is 0. The number of rotatable bonds is 4. The standard InChI is InChI=1S/C21H15FN2O3/c1-27-16-10-8-13(9-11-16)21-19(14-4-2-5-15(12-14)24(25)26)20-17(22)6-3-7-18(20)23-21/h2-12,23H,1H3. The molecule has 5 nitrogen and oxygen atoms in total. The van der Waals surface area contributed by atoms with Gasteiger partial charge < -0.3 is 9.72 Å². The molecule has 4 aromatic rings. The molecule has 6 heteroatoms. The first kappa shape index (κ1) is 16.8. The van der Waals surface area contributed by atoms with Gasteiger partial charge in [-0.15, -0.1) is 0 Å². The van der Waals surface area contributed by atoms with E-state index in [1.54, 1.807) is 31.4 Å². The molecule has 0 saturated heterocycles. The van der Waals surface area contributed by atoms with Crippen LogP contribution < -0.4 is 4.74 Å². The topological polar surface area (TPSA) is 68.2 Å². The lowest BCUT2D eigenvalue weighted by molar-refractivity contribution is -0.384. The molecule has 0 saturated carbocycles. The van der Waals surface area contributed by atoms with E-state index >= 15 is 0 Å². The molecule has 134 valence electrons. The molecular formula is C21H15FN2O3. The van der Waals surface area contributed by atoms with Gasteiger partial charge in [0.05, 0.1) is 17.7 Å². The smallest absolute Gasteiger partial charge is 0.270 e. The van der Waals surface area contributed by atoms with Gasteiger partial charge in [-0.05, 0) is 47.5 Å². The maximum atomic E-state index is 14.7. The summed E-state index contributed by atoms with van der Waals surface area (Å²) in [5, 5.41) is 11.6. The number of benzene rings is 3. The maximum Gasteiger partial charge on any atom is 0.270 e. The molecule has 4 rings (SSSR count). The average molecular weight is 362 g/mol. The number of hydrogen-bond acceptors (Lipinski definition) is 3. The minimum Gasteiger partial charge on any atom is -0.497 e. The van der Waals surface area contributed by atoms with E-state index in [1.165, 1.54) is 18.2 Å². The number of aromatic nitrogens is 1. The Morgan fingerprint density at radius 1 is 1.00 bits per heavy atom. The molecule has 0 fully saturated rings. The highest BCUT2D eigenvalue weighted by molar-refractivity contribution is 6.04. The number of H-pyrrole nitrogens is 1. The summed E-state index contributed by atoms with van der Waals surface area (Å²) in [5.74, 6) is 0.322. The Bertz CT molecular complexity index is 1150. The van der Waals surface area contributed by atoms with Gasteiger partial charge >= 0.3 is 0 Å². The zero-order chi connectivity index (χ0) is 19.0. The van der Waals surface area contributed by atoms with Crippen LogP contribution in [0.25, 0.3) is 33.3 Å². The number of aromatic amines is 1. The predicted molar refractivity (Wildman–Crippen MR) is 102 cm³/mol. The molecule has 0 atom stereocenters. The zero-order valence-corrected chi connectivity index (χ0v) is 14.4. The highest BCUT2D eigenvalue weighted by atomic mass is 19.1. The van der Waals surface area contributed by atoms with Gasteiger partial charge in [0.1, 0.15) is 11.6 Å². The van der Waals surface area contributed by atoms with E-state index in [2.05, 4.69) is 4.98 Å². The summed E-state index contributed by atoms with van der Waals surface area (Å²) in [6.07, 6.45) is 0.